The predicted molar refractivity (Wildman–Crippen MR) is 112 cm³/mol. The van der Waals surface area contributed by atoms with E-state index in [0.29, 0.717) is 17.8 Å². The second kappa shape index (κ2) is 10.1. The van der Waals surface area contributed by atoms with E-state index in [2.05, 4.69) is 15.8 Å². The lowest BCUT2D eigenvalue weighted by molar-refractivity contribution is 0.150. The Morgan fingerprint density at radius 1 is 1.18 bits per heavy atom. The van der Waals surface area contributed by atoms with Crippen LogP contribution in [0, 0.1) is 0 Å². The van der Waals surface area contributed by atoms with Crippen molar-refractivity contribution in [1.82, 2.24) is 10.2 Å². The average Bonchev–Trinajstić information content (AvgIpc) is 2.67. The molecular weight excluding hydrogens is 356 g/mol. The van der Waals surface area contributed by atoms with Crippen LogP contribution in [0.15, 0.2) is 35.5 Å². The Bertz CT molecular complexity index is 682. The van der Waals surface area contributed by atoms with Gasteiger partial charge < -0.3 is 10.2 Å². The lowest BCUT2D eigenvalue weighted by Crippen LogP contribution is -2.52. The number of anilines is 1. The average molecular weight is 389 g/mol. The Hall–Kier alpha value is -2.57. The number of amides is 3. The van der Waals surface area contributed by atoms with Gasteiger partial charge >= 0.3 is 12.1 Å². The highest BCUT2D eigenvalue weighted by Crippen LogP contribution is 2.21. The van der Waals surface area contributed by atoms with E-state index in [9.17, 15) is 9.59 Å². The van der Waals surface area contributed by atoms with Crippen molar-refractivity contribution in [3.05, 3.63) is 30.3 Å². The second-order valence-electron chi connectivity index (χ2n) is 8.03. The minimum atomic E-state index is -0.647. The molecule has 7 heteroatoms. The van der Waals surface area contributed by atoms with Crippen molar-refractivity contribution in [2.45, 2.75) is 70.9 Å². The summed E-state index contributed by atoms with van der Waals surface area (Å²) in [5.41, 5.74) is 0.802. The monoisotopic (exact) mass is 388 g/mol. The van der Waals surface area contributed by atoms with Crippen LogP contribution in [0.4, 0.5) is 15.3 Å². The number of benzene rings is 1. The molecule has 1 aliphatic rings. The molecule has 3 amide bonds. The van der Waals surface area contributed by atoms with E-state index in [-0.39, 0.29) is 12.1 Å². The van der Waals surface area contributed by atoms with Gasteiger partial charge in [0, 0.05) is 30.7 Å². The van der Waals surface area contributed by atoms with Gasteiger partial charge in [0.15, 0.2) is 0 Å². The molecule has 0 unspecified atom stereocenters. The van der Waals surface area contributed by atoms with Gasteiger partial charge in [-0.05, 0) is 45.7 Å². The van der Waals surface area contributed by atoms with Gasteiger partial charge in [0.25, 0.3) is 0 Å². The van der Waals surface area contributed by atoms with Gasteiger partial charge in [-0.25, -0.2) is 9.59 Å². The van der Waals surface area contributed by atoms with Crippen molar-refractivity contribution in [3.63, 3.8) is 0 Å². The van der Waals surface area contributed by atoms with E-state index in [1.54, 1.807) is 31.0 Å². The fourth-order valence-electron chi connectivity index (χ4n) is 3.35. The summed E-state index contributed by atoms with van der Waals surface area (Å²) in [5.74, 6) is 0. The number of nitrogens with one attached hydrogen (secondary N) is 2. The molecule has 2 N–H and O–H groups in total. The van der Waals surface area contributed by atoms with E-state index < -0.39 is 11.6 Å². The SMILES string of the molecule is CC(CC(C)(C)N(C)C(=O)NC1CCCCC1)=NOC(=O)Nc1ccccc1. The molecule has 1 aliphatic carbocycles. The first-order valence-corrected chi connectivity index (χ1v) is 9.89. The zero-order valence-electron chi connectivity index (χ0n) is 17.3. The summed E-state index contributed by atoms with van der Waals surface area (Å²) in [6, 6.07) is 9.22. The van der Waals surface area contributed by atoms with Crippen LogP contribution in [0.2, 0.25) is 0 Å². The molecular formula is C21H32N4O3. The summed E-state index contributed by atoms with van der Waals surface area (Å²) in [4.78, 5) is 31.1. The Labute approximate surface area is 167 Å². The molecule has 1 fully saturated rings. The van der Waals surface area contributed by atoms with E-state index >= 15 is 0 Å². The molecule has 7 nitrogen and oxygen atoms in total. The van der Waals surface area contributed by atoms with Gasteiger partial charge in [0.05, 0.1) is 5.71 Å². The van der Waals surface area contributed by atoms with Gasteiger partial charge in [0.2, 0.25) is 0 Å². The van der Waals surface area contributed by atoms with Crippen molar-refractivity contribution >= 4 is 23.5 Å². The van der Waals surface area contributed by atoms with Gasteiger partial charge in [0.1, 0.15) is 0 Å². The van der Waals surface area contributed by atoms with Gasteiger partial charge in [-0.15, -0.1) is 0 Å². The van der Waals surface area contributed by atoms with Crippen LogP contribution in [0.1, 0.15) is 59.3 Å². The summed E-state index contributed by atoms with van der Waals surface area (Å²) < 4.78 is 0. The third-order valence-corrected chi connectivity index (χ3v) is 5.14. The van der Waals surface area contributed by atoms with Crippen LogP contribution < -0.4 is 10.6 Å². The zero-order valence-corrected chi connectivity index (χ0v) is 17.3. The van der Waals surface area contributed by atoms with Crippen molar-refractivity contribution < 1.29 is 14.4 Å². The lowest BCUT2D eigenvalue weighted by Gasteiger charge is -2.37. The van der Waals surface area contributed by atoms with Crippen LogP contribution in [-0.2, 0) is 4.84 Å². The Balaban J connectivity index is 1.83. The molecule has 154 valence electrons. The van der Waals surface area contributed by atoms with Crippen LogP contribution in [0.3, 0.4) is 0 Å². The molecule has 0 spiro atoms. The molecule has 0 saturated heterocycles. The van der Waals surface area contributed by atoms with Crippen molar-refractivity contribution in [1.29, 1.82) is 0 Å². The van der Waals surface area contributed by atoms with Crippen LogP contribution in [-0.4, -0.2) is 41.4 Å². The molecule has 0 bridgehead atoms. The second-order valence-corrected chi connectivity index (χ2v) is 8.03. The summed E-state index contributed by atoms with van der Waals surface area (Å²) in [6.45, 7) is 5.72. The van der Waals surface area contributed by atoms with Crippen molar-refractivity contribution in [3.8, 4) is 0 Å². The summed E-state index contributed by atoms with van der Waals surface area (Å²) in [5, 5.41) is 9.64. The number of oxime groups is 1. The Morgan fingerprint density at radius 2 is 1.82 bits per heavy atom. The molecule has 1 saturated carbocycles. The molecule has 0 aromatic heterocycles. The fourth-order valence-corrected chi connectivity index (χ4v) is 3.35. The summed E-state index contributed by atoms with van der Waals surface area (Å²) in [7, 11) is 1.79. The number of para-hydroxylation sites is 1. The van der Waals surface area contributed by atoms with E-state index in [1.807, 2.05) is 32.0 Å². The molecule has 28 heavy (non-hydrogen) atoms. The maximum Gasteiger partial charge on any atom is 0.437 e. The van der Waals surface area contributed by atoms with Crippen molar-refractivity contribution in [2.75, 3.05) is 12.4 Å². The highest BCUT2D eigenvalue weighted by molar-refractivity contribution is 5.87. The number of carbonyl (C=O) groups excluding carboxylic acids is 2. The van der Waals surface area contributed by atoms with E-state index in [4.69, 9.17) is 4.84 Å². The number of nitrogens with zero attached hydrogens (tertiary/aromatic N) is 2. The third-order valence-electron chi connectivity index (χ3n) is 5.14. The first-order valence-electron chi connectivity index (χ1n) is 9.89. The number of carbonyl (C=O) groups is 2. The van der Waals surface area contributed by atoms with Crippen LogP contribution in [0.5, 0.6) is 0 Å². The maximum absolute atomic E-state index is 12.6. The number of urea groups is 1. The Morgan fingerprint density at radius 3 is 2.46 bits per heavy atom. The highest BCUT2D eigenvalue weighted by atomic mass is 16.7. The molecule has 0 radical (unpaired) electrons. The van der Waals surface area contributed by atoms with E-state index in [1.165, 1.54) is 19.3 Å². The topological polar surface area (TPSA) is 83.0 Å². The zero-order chi connectivity index (χ0) is 20.6. The quantitative estimate of drug-likeness (QED) is 0.419. The Kier molecular flexibility index (Phi) is 7.84. The first kappa shape index (κ1) is 21.7. The van der Waals surface area contributed by atoms with Crippen LogP contribution in [0.25, 0.3) is 0 Å². The van der Waals surface area contributed by atoms with Gasteiger partial charge in [-0.3, -0.25) is 10.2 Å². The first-order chi connectivity index (χ1) is 13.3. The number of rotatable bonds is 6. The molecule has 0 atom stereocenters. The third kappa shape index (κ3) is 6.87. The van der Waals surface area contributed by atoms with Crippen molar-refractivity contribution in [2.24, 2.45) is 5.16 Å². The molecule has 2 rings (SSSR count). The van der Waals surface area contributed by atoms with Gasteiger partial charge in [-0.2, -0.15) is 0 Å². The molecule has 1 aromatic rings. The summed E-state index contributed by atoms with van der Waals surface area (Å²) in [6.07, 6.45) is 5.53. The number of hydrogen-bond acceptors (Lipinski definition) is 4. The highest BCUT2D eigenvalue weighted by Gasteiger charge is 2.30. The predicted octanol–water partition coefficient (Wildman–Crippen LogP) is 4.75. The maximum atomic E-state index is 12.6. The fraction of sp³-hybridized carbons (Fsp3) is 0.571. The summed E-state index contributed by atoms with van der Waals surface area (Å²) >= 11 is 0. The van der Waals surface area contributed by atoms with E-state index in [0.717, 1.165) is 12.8 Å². The van der Waals surface area contributed by atoms with Crippen LogP contribution >= 0.6 is 0 Å². The number of hydrogen-bond donors (Lipinski definition) is 2. The molecule has 0 aliphatic heterocycles. The molecule has 0 heterocycles. The standard InChI is InChI=1S/C21H32N4O3/c1-16(24-28-20(27)23-18-13-9-6-10-14-18)15-21(2,3)25(4)19(26)22-17-11-7-5-8-12-17/h6,9-10,13-14,17H,5,7-8,11-12,15H2,1-4H3,(H,22,26)(H,23,27). The minimum absolute atomic E-state index is 0.0764. The molecule has 1 aromatic carbocycles. The largest absolute Gasteiger partial charge is 0.437 e. The van der Waals surface area contributed by atoms with Gasteiger partial charge in [-0.1, -0.05) is 42.6 Å². The lowest BCUT2D eigenvalue weighted by atomic mass is 9.94. The normalized spacial score (nSPS) is 15.6. The smallest absolute Gasteiger partial charge is 0.335 e. The minimum Gasteiger partial charge on any atom is -0.335 e.